The number of likely N-dealkylation sites (N-methyl/N-ethyl adjacent to an activating group) is 1. The van der Waals surface area contributed by atoms with E-state index in [9.17, 15) is 32.7 Å². The Bertz CT molecular complexity index is 1440. The molecule has 0 bridgehead atoms. The van der Waals surface area contributed by atoms with Gasteiger partial charge in [-0.2, -0.15) is 18.3 Å². The summed E-state index contributed by atoms with van der Waals surface area (Å²) in [5.74, 6) is -3.82. The second kappa shape index (κ2) is 7.66. The van der Waals surface area contributed by atoms with E-state index in [0.29, 0.717) is 22.3 Å². The molecular weight excluding hydrogens is 463 g/mol. The molecule has 1 saturated heterocycles. The molecule has 3 aromatic rings. The predicted octanol–water partition coefficient (Wildman–Crippen LogP) is 4.19. The van der Waals surface area contributed by atoms with E-state index in [2.05, 4.69) is 5.10 Å². The molecule has 0 unspecified atom stereocenters. The first-order valence-corrected chi connectivity index (χ1v) is 10.6. The van der Waals surface area contributed by atoms with Crippen LogP contribution in [0.25, 0.3) is 22.9 Å². The molecule has 0 saturated carbocycles. The topological polar surface area (TPSA) is 92.5 Å². The summed E-state index contributed by atoms with van der Waals surface area (Å²) >= 11 is 0. The van der Waals surface area contributed by atoms with E-state index in [1.807, 2.05) is 0 Å². The zero-order valence-electron chi connectivity index (χ0n) is 18.5. The molecule has 1 aliphatic carbocycles. The molecule has 2 atom stereocenters. The quantitative estimate of drug-likeness (QED) is 0.555. The Morgan fingerprint density at radius 2 is 1.63 bits per heavy atom. The van der Waals surface area contributed by atoms with Crippen molar-refractivity contribution < 1.29 is 32.7 Å². The molecule has 10 heteroatoms. The maximum absolute atomic E-state index is 13.2. The molecule has 2 heterocycles. The molecule has 1 fully saturated rings. The van der Waals surface area contributed by atoms with Gasteiger partial charge in [0.2, 0.25) is 17.7 Å². The largest absolute Gasteiger partial charge is 0.507 e. The van der Waals surface area contributed by atoms with E-state index >= 15 is 0 Å². The average molecular weight is 481 g/mol. The summed E-state index contributed by atoms with van der Waals surface area (Å²) in [7, 11) is 1.32. The molecule has 2 amide bonds. The summed E-state index contributed by atoms with van der Waals surface area (Å²) in [6.07, 6.45) is -2.97. The van der Waals surface area contributed by atoms with Crippen molar-refractivity contribution in [2.45, 2.75) is 19.0 Å². The highest BCUT2D eigenvalue weighted by Crippen LogP contribution is 2.50. The van der Waals surface area contributed by atoms with Crippen molar-refractivity contribution in [1.82, 2.24) is 14.7 Å². The van der Waals surface area contributed by atoms with Crippen molar-refractivity contribution >= 4 is 29.4 Å². The third-order valence-corrected chi connectivity index (χ3v) is 6.42. The van der Waals surface area contributed by atoms with Gasteiger partial charge in [-0.05, 0) is 41.5 Å². The SMILES string of the molecule is CC(=O)n1nc(-c2ccccc2O)c2c1[C@H]1C(=O)N(C)C(=O)[C@H]1C(c1ccc(C(F)(F)F)cc1)=C2. The van der Waals surface area contributed by atoms with E-state index in [0.717, 1.165) is 21.7 Å². The van der Waals surface area contributed by atoms with Gasteiger partial charge in [-0.1, -0.05) is 24.3 Å². The number of phenolic OH excluding ortho intramolecular Hbond substituents is 1. The number of amides is 2. The Hall–Kier alpha value is -4.21. The van der Waals surface area contributed by atoms with Gasteiger partial charge in [0.1, 0.15) is 11.4 Å². The molecule has 5 rings (SSSR count). The zero-order chi connectivity index (χ0) is 25.2. The summed E-state index contributed by atoms with van der Waals surface area (Å²) in [6.45, 7) is 1.26. The van der Waals surface area contributed by atoms with Gasteiger partial charge < -0.3 is 5.11 Å². The zero-order valence-corrected chi connectivity index (χ0v) is 18.5. The lowest BCUT2D eigenvalue weighted by molar-refractivity contribution is -0.138. The van der Waals surface area contributed by atoms with Gasteiger partial charge >= 0.3 is 6.18 Å². The monoisotopic (exact) mass is 481 g/mol. The summed E-state index contributed by atoms with van der Waals surface area (Å²) < 4.78 is 40.4. The van der Waals surface area contributed by atoms with E-state index in [1.165, 1.54) is 32.2 Å². The average Bonchev–Trinajstić information content (AvgIpc) is 3.30. The van der Waals surface area contributed by atoms with Crippen molar-refractivity contribution in [3.63, 3.8) is 0 Å². The lowest BCUT2D eigenvalue weighted by Crippen LogP contribution is -2.26. The van der Waals surface area contributed by atoms with E-state index in [1.54, 1.807) is 24.3 Å². The van der Waals surface area contributed by atoms with Crippen LogP contribution in [-0.4, -0.2) is 44.6 Å². The Morgan fingerprint density at radius 1 is 1.00 bits per heavy atom. The Kier molecular flexibility index (Phi) is 4.94. The number of likely N-dealkylation sites (tertiary alicyclic amines) is 1. The van der Waals surface area contributed by atoms with Crippen molar-refractivity contribution in [1.29, 1.82) is 0 Å². The minimum atomic E-state index is -4.53. The Labute approximate surface area is 197 Å². The number of halogens is 3. The van der Waals surface area contributed by atoms with Gasteiger partial charge in [-0.15, -0.1) is 0 Å². The summed E-state index contributed by atoms with van der Waals surface area (Å²) in [4.78, 5) is 39.7. The third kappa shape index (κ3) is 3.36. The van der Waals surface area contributed by atoms with Gasteiger partial charge in [0, 0.05) is 25.1 Å². The van der Waals surface area contributed by atoms with E-state index in [4.69, 9.17) is 0 Å². The lowest BCUT2D eigenvalue weighted by Gasteiger charge is -2.25. The van der Waals surface area contributed by atoms with Crippen molar-refractivity contribution in [3.8, 4) is 17.0 Å². The fraction of sp³-hybridized carbons (Fsp3) is 0.200. The second-order valence-corrected chi connectivity index (χ2v) is 8.46. The highest BCUT2D eigenvalue weighted by Gasteiger charge is 2.53. The maximum atomic E-state index is 13.2. The number of alkyl halides is 3. The number of hydrogen-bond donors (Lipinski definition) is 1. The molecule has 178 valence electrons. The second-order valence-electron chi connectivity index (χ2n) is 8.46. The highest BCUT2D eigenvalue weighted by atomic mass is 19.4. The summed E-state index contributed by atoms with van der Waals surface area (Å²) in [5, 5.41) is 14.8. The molecule has 0 radical (unpaired) electrons. The number of fused-ring (bicyclic) bond motifs is 3. The fourth-order valence-electron chi connectivity index (χ4n) is 4.76. The van der Waals surface area contributed by atoms with Crippen LogP contribution in [0.5, 0.6) is 5.75 Å². The van der Waals surface area contributed by atoms with Crippen LogP contribution in [0.3, 0.4) is 0 Å². The number of para-hydroxylation sites is 1. The van der Waals surface area contributed by atoms with Crippen LogP contribution in [0.15, 0.2) is 48.5 Å². The van der Waals surface area contributed by atoms with Crippen LogP contribution >= 0.6 is 0 Å². The van der Waals surface area contributed by atoms with Gasteiger partial charge in [0.15, 0.2) is 0 Å². The number of hydrogen-bond acceptors (Lipinski definition) is 5. The van der Waals surface area contributed by atoms with E-state index in [-0.39, 0.29) is 17.1 Å². The summed E-state index contributed by atoms with van der Waals surface area (Å²) in [5.41, 5.74) is 0.877. The molecule has 0 spiro atoms. The van der Waals surface area contributed by atoms with Gasteiger partial charge in [-0.3, -0.25) is 19.3 Å². The molecular formula is C25H18F3N3O4. The number of aromatic hydroxyl groups is 1. The number of benzene rings is 2. The van der Waals surface area contributed by atoms with E-state index < -0.39 is 41.3 Å². The number of rotatable bonds is 2. The van der Waals surface area contributed by atoms with Gasteiger partial charge in [0.05, 0.1) is 23.1 Å². The molecule has 1 aliphatic heterocycles. The minimum absolute atomic E-state index is 0.110. The van der Waals surface area contributed by atoms with Gasteiger partial charge in [-0.25, -0.2) is 4.68 Å². The number of phenols is 1. The van der Waals surface area contributed by atoms with Crippen LogP contribution in [0.1, 0.15) is 40.0 Å². The first kappa shape index (κ1) is 22.6. The number of nitrogens with zero attached hydrogens (tertiary/aromatic N) is 3. The summed E-state index contributed by atoms with van der Waals surface area (Å²) in [6, 6.07) is 10.6. The van der Waals surface area contributed by atoms with Crippen molar-refractivity contribution in [3.05, 3.63) is 70.9 Å². The minimum Gasteiger partial charge on any atom is -0.507 e. The van der Waals surface area contributed by atoms with Crippen LogP contribution in [0.4, 0.5) is 13.2 Å². The normalized spacial score (nSPS) is 19.5. The molecule has 2 aromatic carbocycles. The standard InChI is InChI=1S/C25H18F3N3O4/c1-12(32)31-22-17(21(29-31)15-5-3-4-6-18(15)33)11-16(19-20(22)24(35)30(2)23(19)34)13-7-9-14(10-8-13)25(26,27)28/h3-11,19-20,33H,1-2H3/t19-,20-/m0/s1. The molecule has 1 N–H and O–H groups in total. The molecule has 1 aromatic heterocycles. The van der Waals surface area contributed by atoms with Crippen molar-refractivity contribution in [2.24, 2.45) is 5.92 Å². The number of carbonyl (C=O) groups excluding carboxylic acids is 3. The van der Waals surface area contributed by atoms with Crippen LogP contribution in [-0.2, 0) is 15.8 Å². The number of carbonyl (C=O) groups is 3. The molecule has 2 aliphatic rings. The number of aromatic nitrogens is 2. The first-order valence-electron chi connectivity index (χ1n) is 10.6. The lowest BCUT2D eigenvalue weighted by atomic mass is 9.75. The van der Waals surface area contributed by atoms with Crippen LogP contribution in [0, 0.1) is 5.92 Å². The highest BCUT2D eigenvalue weighted by molar-refractivity contribution is 6.16. The van der Waals surface area contributed by atoms with Gasteiger partial charge in [0.25, 0.3) is 0 Å². The van der Waals surface area contributed by atoms with Crippen LogP contribution < -0.4 is 0 Å². The van der Waals surface area contributed by atoms with Crippen LogP contribution in [0.2, 0.25) is 0 Å². The smallest absolute Gasteiger partial charge is 0.416 e. The first-order chi connectivity index (χ1) is 16.5. The third-order valence-electron chi connectivity index (χ3n) is 6.42. The Morgan fingerprint density at radius 3 is 2.23 bits per heavy atom. The number of imide groups is 1. The Balaban J connectivity index is 1.80. The fourth-order valence-corrected chi connectivity index (χ4v) is 4.76. The molecule has 35 heavy (non-hydrogen) atoms. The predicted molar refractivity (Wildman–Crippen MR) is 119 cm³/mol. The van der Waals surface area contributed by atoms with Crippen molar-refractivity contribution in [2.75, 3.05) is 7.05 Å². The maximum Gasteiger partial charge on any atom is 0.416 e. The molecule has 7 nitrogen and oxygen atoms in total.